The fraction of sp³-hybridized carbons (Fsp3) is 0. The quantitative estimate of drug-likeness (QED) is 0.195. The topological polar surface area (TPSA) is 79.1 Å². The van der Waals surface area contributed by atoms with E-state index in [1.807, 2.05) is 97.1 Å². The molecule has 0 saturated carbocycles. The summed E-state index contributed by atoms with van der Waals surface area (Å²) in [7, 11) is 0. The number of nitrogens with zero attached hydrogens (tertiary/aromatic N) is 4. The highest BCUT2D eigenvalue weighted by atomic mass is 16.4. The molecule has 2 heterocycles. The van der Waals surface area contributed by atoms with Crippen molar-refractivity contribution in [2.24, 2.45) is 0 Å². The molecule has 6 aromatic carbocycles. The number of aromatic nitrogens is 2. The number of hydrogen-bond donors (Lipinski definition) is 0. The first-order chi connectivity index (χ1) is 22.2. The number of benzene rings is 6. The summed E-state index contributed by atoms with van der Waals surface area (Å²) >= 11 is 0. The van der Waals surface area contributed by atoms with E-state index in [2.05, 4.69) is 69.5 Å². The average Bonchev–Trinajstić information content (AvgIpc) is 3.74. The standard InChI is InChI=1S/C39H24N4O2/c40-25-26-9-11-27(12-10-26)28-13-19-31(20-14-28)43(32-21-15-29(16-22-32)38-41-34-5-1-3-7-36(34)44-38)33-23-17-30(18-24-33)39-42-35-6-2-4-8-37(35)45-39/h1-24H. The third-order valence-corrected chi connectivity index (χ3v) is 7.81. The largest absolute Gasteiger partial charge is 0.436 e. The third kappa shape index (κ3) is 4.99. The van der Waals surface area contributed by atoms with Crippen LogP contribution in [0.15, 0.2) is 154 Å². The number of oxazole rings is 2. The normalized spacial score (nSPS) is 11.1. The molecule has 0 amide bonds. The lowest BCUT2D eigenvalue weighted by molar-refractivity contribution is 0.619. The maximum absolute atomic E-state index is 9.17. The van der Waals surface area contributed by atoms with E-state index in [9.17, 15) is 5.26 Å². The van der Waals surface area contributed by atoms with E-state index in [0.717, 1.165) is 61.5 Å². The molecular weight excluding hydrogens is 556 g/mol. The van der Waals surface area contributed by atoms with Crippen LogP contribution in [0.3, 0.4) is 0 Å². The number of rotatable bonds is 6. The van der Waals surface area contributed by atoms with Crippen molar-refractivity contribution in [3.63, 3.8) is 0 Å². The Hall–Kier alpha value is -6.45. The Morgan fingerprint density at radius 2 is 0.822 bits per heavy atom. The summed E-state index contributed by atoms with van der Waals surface area (Å²) in [5, 5.41) is 9.17. The predicted octanol–water partition coefficient (Wildman–Crippen LogP) is 10.3. The summed E-state index contributed by atoms with van der Waals surface area (Å²) in [6.45, 7) is 0. The van der Waals surface area contributed by atoms with Crippen LogP contribution < -0.4 is 4.90 Å². The van der Waals surface area contributed by atoms with Crippen LogP contribution in [0.4, 0.5) is 17.1 Å². The van der Waals surface area contributed by atoms with Gasteiger partial charge >= 0.3 is 0 Å². The molecule has 0 spiro atoms. The number of nitriles is 1. The maximum atomic E-state index is 9.17. The van der Waals surface area contributed by atoms with Crippen molar-refractivity contribution in [3.05, 3.63) is 151 Å². The van der Waals surface area contributed by atoms with Crippen molar-refractivity contribution in [1.82, 2.24) is 9.97 Å². The van der Waals surface area contributed by atoms with E-state index < -0.39 is 0 Å². The van der Waals surface area contributed by atoms with Crippen molar-refractivity contribution in [1.29, 1.82) is 5.26 Å². The molecule has 0 unspecified atom stereocenters. The summed E-state index contributed by atoms with van der Waals surface area (Å²) in [6.07, 6.45) is 0. The summed E-state index contributed by atoms with van der Waals surface area (Å²) < 4.78 is 12.0. The molecule has 0 saturated heterocycles. The number of para-hydroxylation sites is 4. The fourth-order valence-electron chi connectivity index (χ4n) is 5.48. The molecule has 6 heteroatoms. The second-order valence-electron chi connectivity index (χ2n) is 10.6. The van der Waals surface area contributed by atoms with Gasteiger partial charge in [0.25, 0.3) is 0 Å². The van der Waals surface area contributed by atoms with E-state index in [0.29, 0.717) is 17.3 Å². The zero-order chi connectivity index (χ0) is 30.2. The van der Waals surface area contributed by atoms with Gasteiger partial charge in [0.1, 0.15) is 11.0 Å². The van der Waals surface area contributed by atoms with Crippen LogP contribution in [0.25, 0.3) is 56.2 Å². The lowest BCUT2D eigenvalue weighted by Gasteiger charge is -2.26. The van der Waals surface area contributed by atoms with Crippen molar-refractivity contribution in [2.45, 2.75) is 0 Å². The zero-order valence-corrected chi connectivity index (χ0v) is 24.0. The van der Waals surface area contributed by atoms with E-state index in [1.165, 1.54) is 0 Å². The molecule has 0 fully saturated rings. The van der Waals surface area contributed by atoms with Crippen LogP contribution in [-0.2, 0) is 0 Å². The lowest BCUT2D eigenvalue weighted by atomic mass is 10.0. The molecule has 0 aliphatic heterocycles. The van der Waals surface area contributed by atoms with Crippen molar-refractivity contribution in [3.8, 4) is 40.1 Å². The Bertz CT molecular complexity index is 2130. The highest BCUT2D eigenvalue weighted by molar-refractivity contribution is 5.82. The smallest absolute Gasteiger partial charge is 0.227 e. The second-order valence-corrected chi connectivity index (χ2v) is 10.6. The monoisotopic (exact) mass is 580 g/mol. The van der Waals surface area contributed by atoms with Crippen LogP contribution in [0.2, 0.25) is 0 Å². The Kier molecular flexibility index (Phi) is 6.40. The van der Waals surface area contributed by atoms with Gasteiger partial charge in [-0.25, -0.2) is 9.97 Å². The first-order valence-corrected chi connectivity index (χ1v) is 14.5. The molecule has 6 nitrogen and oxygen atoms in total. The molecule has 45 heavy (non-hydrogen) atoms. The van der Waals surface area contributed by atoms with Crippen molar-refractivity contribution < 1.29 is 8.83 Å². The third-order valence-electron chi connectivity index (χ3n) is 7.81. The molecule has 2 aromatic heterocycles. The van der Waals surface area contributed by atoms with Crippen molar-refractivity contribution in [2.75, 3.05) is 4.90 Å². The van der Waals surface area contributed by atoms with Gasteiger partial charge in [0.2, 0.25) is 11.8 Å². The molecule has 0 N–H and O–H groups in total. The zero-order valence-electron chi connectivity index (χ0n) is 24.0. The van der Waals surface area contributed by atoms with E-state index in [-0.39, 0.29) is 0 Å². The van der Waals surface area contributed by atoms with Crippen LogP contribution in [0.1, 0.15) is 5.56 Å². The predicted molar refractivity (Wildman–Crippen MR) is 177 cm³/mol. The lowest BCUT2D eigenvalue weighted by Crippen LogP contribution is -2.09. The molecule has 8 aromatic rings. The molecule has 0 atom stereocenters. The summed E-state index contributed by atoms with van der Waals surface area (Å²) in [5.74, 6) is 1.17. The Morgan fingerprint density at radius 3 is 1.22 bits per heavy atom. The van der Waals surface area contributed by atoms with Gasteiger partial charge < -0.3 is 13.7 Å². The fourth-order valence-corrected chi connectivity index (χ4v) is 5.48. The molecule has 0 aliphatic rings. The minimum atomic E-state index is 0.587. The van der Waals surface area contributed by atoms with Gasteiger partial charge in [-0.05, 0) is 108 Å². The van der Waals surface area contributed by atoms with Crippen LogP contribution >= 0.6 is 0 Å². The van der Waals surface area contributed by atoms with Crippen LogP contribution in [0, 0.1) is 11.3 Å². The molecule has 0 aliphatic carbocycles. The van der Waals surface area contributed by atoms with E-state index in [4.69, 9.17) is 8.83 Å². The van der Waals surface area contributed by atoms with Gasteiger partial charge in [0, 0.05) is 28.2 Å². The van der Waals surface area contributed by atoms with Gasteiger partial charge in [-0.3, -0.25) is 0 Å². The minimum absolute atomic E-state index is 0.587. The Labute approximate surface area is 259 Å². The summed E-state index contributed by atoms with van der Waals surface area (Å²) in [4.78, 5) is 11.5. The van der Waals surface area contributed by atoms with Gasteiger partial charge in [0.05, 0.1) is 11.6 Å². The minimum Gasteiger partial charge on any atom is -0.436 e. The number of hydrogen-bond acceptors (Lipinski definition) is 6. The van der Waals surface area contributed by atoms with Gasteiger partial charge in [-0.2, -0.15) is 5.26 Å². The molecule has 212 valence electrons. The average molecular weight is 581 g/mol. The van der Waals surface area contributed by atoms with Crippen LogP contribution in [0.5, 0.6) is 0 Å². The first kappa shape index (κ1) is 26.2. The molecule has 0 radical (unpaired) electrons. The summed E-state index contributed by atoms with van der Waals surface area (Å²) in [6, 6.07) is 50.2. The van der Waals surface area contributed by atoms with Crippen molar-refractivity contribution >= 4 is 39.3 Å². The number of fused-ring (bicyclic) bond motifs is 2. The van der Waals surface area contributed by atoms with E-state index >= 15 is 0 Å². The Morgan fingerprint density at radius 1 is 0.444 bits per heavy atom. The first-order valence-electron chi connectivity index (χ1n) is 14.5. The molecule has 0 bridgehead atoms. The maximum Gasteiger partial charge on any atom is 0.227 e. The second kappa shape index (κ2) is 11.0. The van der Waals surface area contributed by atoms with Gasteiger partial charge in [-0.1, -0.05) is 48.5 Å². The van der Waals surface area contributed by atoms with Gasteiger partial charge in [0.15, 0.2) is 11.2 Å². The highest BCUT2D eigenvalue weighted by Gasteiger charge is 2.16. The van der Waals surface area contributed by atoms with Crippen LogP contribution in [-0.4, -0.2) is 9.97 Å². The molecule has 8 rings (SSSR count). The molecular formula is C39H24N4O2. The highest BCUT2D eigenvalue weighted by Crippen LogP contribution is 2.38. The Balaban J connectivity index is 1.16. The summed E-state index contributed by atoms with van der Waals surface area (Å²) in [5.41, 5.74) is 10.7. The van der Waals surface area contributed by atoms with Gasteiger partial charge in [-0.15, -0.1) is 0 Å². The van der Waals surface area contributed by atoms with E-state index in [1.54, 1.807) is 0 Å². The SMILES string of the molecule is N#Cc1ccc(-c2ccc(N(c3ccc(-c4nc5ccccc5o4)cc3)c3ccc(-c4nc5ccccc5o4)cc3)cc2)cc1. The number of anilines is 3.